The third-order valence-corrected chi connectivity index (χ3v) is 7.57. The van der Waals surface area contributed by atoms with Gasteiger partial charge < -0.3 is 9.80 Å². The Morgan fingerprint density at radius 2 is 1.66 bits per heavy atom. The lowest BCUT2D eigenvalue weighted by atomic mass is 10.1. The molecule has 9 heteroatoms. The van der Waals surface area contributed by atoms with Crippen LogP contribution in [-0.4, -0.2) is 70.7 Å². The largest absolute Gasteiger partial charge is 0.378 e. The second-order valence-electron chi connectivity index (χ2n) is 7.82. The standard InChI is InChI=1S/C23H30N4O3S2/c1-6-26(7-2)14-15-27(22(28)17-8-10-18(11-9-17)25(3)4)23-24-20-13-12-19(32(5,29)30)16-21(20)31-23/h8-13,16H,6-7,14-15H2,1-5H3. The topological polar surface area (TPSA) is 73.8 Å². The minimum Gasteiger partial charge on any atom is -0.378 e. The normalized spacial score (nSPS) is 11.8. The molecule has 172 valence electrons. The summed E-state index contributed by atoms with van der Waals surface area (Å²) in [5.41, 5.74) is 2.29. The van der Waals surface area contributed by atoms with E-state index >= 15 is 0 Å². The van der Waals surface area contributed by atoms with Gasteiger partial charge in [0.15, 0.2) is 15.0 Å². The average molecular weight is 475 g/mol. The molecular formula is C23H30N4O3S2. The van der Waals surface area contributed by atoms with Gasteiger partial charge in [-0.15, -0.1) is 0 Å². The van der Waals surface area contributed by atoms with Crippen LogP contribution in [-0.2, 0) is 9.84 Å². The first kappa shape index (κ1) is 24.2. The molecule has 2 aromatic carbocycles. The van der Waals surface area contributed by atoms with Gasteiger partial charge in [0.1, 0.15) is 0 Å². The Hall–Kier alpha value is -2.49. The van der Waals surface area contributed by atoms with E-state index in [1.807, 2.05) is 43.3 Å². The molecule has 0 unspecified atom stereocenters. The summed E-state index contributed by atoms with van der Waals surface area (Å²) in [6, 6.07) is 12.4. The highest BCUT2D eigenvalue weighted by Crippen LogP contribution is 2.31. The Morgan fingerprint density at radius 1 is 1.00 bits per heavy atom. The summed E-state index contributed by atoms with van der Waals surface area (Å²) in [5, 5.41) is 0.569. The van der Waals surface area contributed by atoms with Crippen molar-refractivity contribution in [3.05, 3.63) is 48.0 Å². The maximum atomic E-state index is 13.5. The molecule has 3 aromatic rings. The zero-order chi connectivity index (χ0) is 23.5. The van der Waals surface area contributed by atoms with Gasteiger partial charge in [0.05, 0.1) is 15.1 Å². The number of hydrogen-bond acceptors (Lipinski definition) is 7. The monoisotopic (exact) mass is 474 g/mol. The lowest BCUT2D eigenvalue weighted by molar-refractivity contribution is 0.0984. The minimum atomic E-state index is -3.32. The smallest absolute Gasteiger partial charge is 0.260 e. The molecule has 0 aliphatic carbocycles. The number of carbonyl (C=O) groups is 1. The maximum Gasteiger partial charge on any atom is 0.260 e. The molecule has 1 aromatic heterocycles. The number of carbonyl (C=O) groups excluding carboxylic acids is 1. The van der Waals surface area contributed by atoms with Crippen LogP contribution in [0.5, 0.6) is 0 Å². The molecule has 0 fully saturated rings. The van der Waals surface area contributed by atoms with Crippen LogP contribution in [0, 0.1) is 0 Å². The number of sulfone groups is 1. The Balaban J connectivity index is 1.98. The molecular weight excluding hydrogens is 444 g/mol. The van der Waals surface area contributed by atoms with Crippen molar-refractivity contribution in [2.45, 2.75) is 18.7 Å². The summed E-state index contributed by atoms with van der Waals surface area (Å²) in [6.45, 7) is 7.20. The Labute approximate surface area is 194 Å². The quantitative estimate of drug-likeness (QED) is 0.470. The summed E-state index contributed by atoms with van der Waals surface area (Å²) in [7, 11) is 0.599. The third kappa shape index (κ3) is 5.46. The fourth-order valence-electron chi connectivity index (χ4n) is 3.36. The molecule has 7 nitrogen and oxygen atoms in total. The van der Waals surface area contributed by atoms with Crippen molar-refractivity contribution < 1.29 is 13.2 Å². The molecule has 0 spiro atoms. The second kappa shape index (κ2) is 9.97. The molecule has 0 saturated heterocycles. The number of fused-ring (bicyclic) bond motifs is 1. The van der Waals surface area contributed by atoms with E-state index in [0.717, 1.165) is 30.0 Å². The first-order valence-electron chi connectivity index (χ1n) is 10.6. The van der Waals surface area contributed by atoms with Gasteiger partial charge in [-0.25, -0.2) is 13.4 Å². The van der Waals surface area contributed by atoms with Gasteiger partial charge >= 0.3 is 0 Å². The minimum absolute atomic E-state index is 0.121. The predicted octanol–water partition coefficient (Wildman–Crippen LogP) is 3.75. The fourth-order valence-corrected chi connectivity index (χ4v) is 5.11. The first-order chi connectivity index (χ1) is 15.1. The Kier molecular flexibility index (Phi) is 7.53. The van der Waals surface area contributed by atoms with Crippen LogP contribution in [0.15, 0.2) is 47.4 Å². The van der Waals surface area contributed by atoms with Gasteiger partial charge in [0.2, 0.25) is 0 Å². The number of thiazole rings is 1. The lowest BCUT2D eigenvalue weighted by Gasteiger charge is -2.25. The second-order valence-corrected chi connectivity index (χ2v) is 10.8. The van der Waals surface area contributed by atoms with E-state index in [2.05, 4.69) is 23.7 Å². The van der Waals surface area contributed by atoms with E-state index in [1.165, 1.54) is 17.6 Å². The molecule has 1 amide bonds. The van der Waals surface area contributed by atoms with Gasteiger partial charge in [-0.2, -0.15) is 0 Å². The Bertz CT molecular complexity index is 1180. The van der Waals surface area contributed by atoms with E-state index in [9.17, 15) is 13.2 Å². The molecule has 0 aliphatic heterocycles. The summed E-state index contributed by atoms with van der Waals surface area (Å²) >= 11 is 1.34. The van der Waals surface area contributed by atoms with Crippen molar-refractivity contribution in [3.63, 3.8) is 0 Å². The molecule has 0 aliphatic rings. The fraction of sp³-hybridized carbons (Fsp3) is 0.391. The predicted molar refractivity (Wildman–Crippen MR) is 133 cm³/mol. The summed E-state index contributed by atoms with van der Waals surface area (Å²) < 4.78 is 24.6. The Morgan fingerprint density at radius 3 is 2.22 bits per heavy atom. The maximum absolute atomic E-state index is 13.5. The van der Waals surface area contributed by atoms with Crippen molar-refractivity contribution in [2.75, 3.05) is 56.3 Å². The molecule has 0 radical (unpaired) electrons. The number of anilines is 2. The third-order valence-electron chi connectivity index (χ3n) is 5.42. The molecule has 0 saturated carbocycles. The van der Waals surface area contributed by atoms with Gasteiger partial charge in [0, 0.05) is 44.7 Å². The highest BCUT2D eigenvalue weighted by Gasteiger charge is 2.22. The first-order valence-corrected chi connectivity index (χ1v) is 13.3. The molecule has 0 atom stereocenters. The van der Waals surface area contributed by atoms with Crippen molar-refractivity contribution in [1.82, 2.24) is 9.88 Å². The van der Waals surface area contributed by atoms with Crippen LogP contribution in [0.4, 0.5) is 10.8 Å². The summed E-state index contributed by atoms with van der Waals surface area (Å²) in [6.07, 6.45) is 1.19. The SMILES string of the molecule is CCN(CC)CCN(C(=O)c1ccc(N(C)C)cc1)c1nc2ccc(S(C)(=O)=O)cc2s1. The highest BCUT2D eigenvalue weighted by atomic mass is 32.2. The zero-order valence-electron chi connectivity index (χ0n) is 19.2. The van der Waals surface area contributed by atoms with Crippen LogP contribution in [0.2, 0.25) is 0 Å². The van der Waals surface area contributed by atoms with E-state index < -0.39 is 9.84 Å². The highest BCUT2D eigenvalue weighted by molar-refractivity contribution is 7.90. The van der Waals surface area contributed by atoms with Crippen molar-refractivity contribution in [3.8, 4) is 0 Å². The number of benzene rings is 2. The van der Waals surface area contributed by atoms with Crippen molar-refractivity contribution >= 4 is 48.1 Å². The summed E-state index contributed by atoms with van der Waals surface area (Å²) in [4.78, 5) is 24.3. The van der Waals surface area contributed by atoms with E-state index in [4.69, 9.17) is 0 Å². The van der Waals surface area contributed by atoms with Crippen molar-refractivity contribution in [1.29, 1.82) is 0 Å². The van der Waals surface area contributed by atoms with Crippen LogP contribution in [0.25, 0.3) is 10.2 Å². The van der Waals surface area contributed by atoms with E-state index in [1.54, 1.807) is 23.1 Å². The van der Waals surface area contributed by atoms with Crippen LogP contribution < -0.4 is 9.80 Å². The number of rotatable bonds is 9. The number of nitrogens with zero attached hydrogens (tertiary/aromatic N) is 4. The van der Waals surface area contributed by atoms with Gasteiger partial charge in [0.25, 0.3) is 5.91 Å². The average Bonchev–Trinajstić information content (AvgIpc) is 3.19. The molecule has 32 heavy (non-hydrogen) atoms. The molecule has 0 bridgehead atoms. The van der Waals surface area contributed by atoms with Gasteiger partial charge in [-0.05, 0) is 55.6 Å². The molecule has 0 N–H and O–H groups in total. The van der Waals surface area contributed by atoms with Crippen LogP contribution in [0.1, 0.15) is 24.2 Å². The number of amides is 1. The number of likely N-dealkylation sites (N-methyl/N-ethyl adjacent to an activating group) is 1. The number of hydrogen-bond donors (Lipinski definition) is 0. The van der Waals surface area contributed by atoms with Crippen molar-refractivity contribution in [2.24, 2.45) is 0 Å². The van der Waals surface area contributed by atoms with E-state index in [0.29, 0.717) is 22.8 Å². The van der Waals surface area contributed by atoms with Gasteiger partial charge in [-0.1, -0.05) is 25.2 Å². The lowest BCUT2D eigenvalue weighted by Crippen LogP contribution is -2.38. The van der Waals surface area contributed by atoms with E-state index in [-0.39, 0.29) is 10.8 Å². The summed E-state index contributed by atoms with van der Waals surface area (Å²) in [5.74, 6) is -0.121. The molecule has 3 rings (SSSR count). The molecule has 1 heterocycles. The number of aromatic nitrogens is 1. The zero-order valence-corrected chi connectivity index (χ0v) is 20.8. The van der Waals surface area contributed by atoms with Crippen LogP contribution >= 0.6 is 11.3 Å². The van der Waals surface area contributed by atoms with Crippen LogP contribution in [0.3, 0.4) is 0 Å². The van der Waals surface area contributed by atoms with Gasteiger partial charge in [-0.3, -0.25) is 9.69 Å².